The maximum atomic E-state index is 5.31. The summed E-state index contributed by atoms with van der Waals surface area (Å²) in [6.07, 6.45) is 5.77. The molecule has 108 valence electrons. The van der Waals surface area contributed by atoms with Gasteiger partial charge in [-0.15, -0.1) is 0 Å². The Morgan fingerprint density at radius 3 is 2.89 bits per heavy atom. The standard InChI is InChI=1S/C14H26N4O/c1-3-4-5-13-16-14(19-17-13)11-18(2)10-12-6-8-15-9-7-12/h12,15H,3-11H2,1-2H3. The van der Waals surface area contributed by atoms with Gasteiger partial charge >= 0.3 is 0 Å². The fourth-order valence-electron chi connectivity index (χ4n) is 2.59. The lowest BCUT2D eigenvalue weighted by Gasteiger charge is -2.26. The molecule has 0 aromatic carbocycles. The third kappa shape index (κ3) is 4.91. The van der Waals surface area contributed by atoms with E-state index in [-0.39, 0.29) is 0 Å². The lowest BCUT2D eigenvalue weighted by molar-refractivity contribution is 0.210. The third-order valence-corrected chi connectivity index (χ3v) is 3.70. The van der Waals surface area contributed by atoms with Gasteiger partial charge in [-0.1, -0.05) is 18.5 Å². The minimum absolute atomic E-state index is 0.752. The van der Waals surface area contributed by atoms with Gasteiger partial charge in [-0.3, -0.25) is 4.90 Å². The van der Waals surface area contributed by atoms with Crippen LogP contribution >= 0.6 is 0 Å². The Hall–Kier alpha value is -0.940. The first-order chi connectivity index (χ1) is 9.28. The molecular formula is C14H26N4O. The first kappa shape index (κ1) is 14.5. The van der Waals surface area contributed by atoms with Crippen LogP contribution in [-0.4, -0.2) is 41.7 Å². The maximum Gasteiger partial charge on any atom is 0.240 e. The van der Waals surface area contributed by atoms with E-state index in [0.29, 0.717) is 0 Å². The second-order valence-electron chi connectivity index (χ2n) is 5.60. The number of aryl methyl sites for hydroxylation is 1. The van der Waals surface area contributed by atoms with Crippen molar-refractivity contribution >= 4 is 0 Å². The lowest BCUT2D eigenvalue weighted by Crippen LogP contribution is -2.34. The molecule has 5 nitrogen and oxygen atoms in total. The molecule has 0 bridgehead atoms. The molecule has 5 heteroatoms. The molecule has 1 aliphatic rings. The molecule has 19 heavy (non-hydrogen) atoms. The Labute approximate surface area is 115 Å². The van der Waals surface area contributed by atoms with Crippen molar-refractivity contribution in [2.75, 3.05) is 26.7 Å². The number of piperidine rings is 1. The summed E-state index contributed by atoms with van der Waals surface area (Å²) in [6, 6.07) is 0. The first-order valence-corrected chi connectivity index (χ1v) is 7.48. The van der Waals surface area contributed by atoms with Gasteiger partial charge in [0, 0.05) is 13.0 Å². The van der Waals surface area contributed by atoms with Crippen LogP contribution in [0, 0.1) is 5.92 Å². The molecule has 1 aromatic rings. The Morgan fingerprint density at radius 2 is 2.16 bits per heavy atom. The second-order valence-corrected chi connectivity index (χ2v) is 5.60. The number of hydrogen-bond donors (Lipinski definition) is 1. The smallest absolute Gasteiger partial charge is 0.240 e. The van der Waals surface area contributed by atoms with Crippen LogP contribution in [0.4, 0.5) is 0 Å². The average Bonchev–Trinajstić information content (AvgIpc) is 2.85. The molecule has 1 saturated heterocycles. The van der Waals surface area contributed by atoms with Gasteiger partial charge in [-0.05, 0) is 45.3 Å². The molecule has 0 spiro atoms. The number of nitrogens with one attached hydrogen (secondary N) is 1. The molecule has 0 amide bonds. The number of nitrogens with zero attached hydrogens (tertiary/aromatic N) is 3. The summed E-state index contributed by atoms with van der Waals surface area (Å²) in [4.78, 5) is 6.75. The molecule has 0 aliphatic carbocycles. The summed E-state index contributed by atoms with van der Waals surface area (Å²) in [6.45, 7) is 6.37. The van der Waals surface area contributed by atoms with Crippen molar-refractivity contribution in [2.45, 2.75) is 45.6 Å². The molecule has 0 atom stereocenters. The van der Waals surface area contributed by atoms with Gasteiger partial charge in [0.1, 0.15) is 0 Å². The fraction of sp³-hybridized carbons (Fsp3) is 0.857. The van der Waals surface area contributed by atoms with Gasteiger partial charge in [0.15, 0.2) is 5.82 Å². The normalized spacial score (nSPS) is 17.2. The Bertz CT molecular complexity index is 360. The van der Waals surface area contributed by atoms with E-state index in [9.17, 15) is 0 Å². The highest BCUT2D eigenvalue weighted by Gasteiger charge is 2.16. The zero-order valence-electron chi connectivity index (χ0n) is 12.2. The minimum Gasteiger partial charge on any atom is -0.338 e. The monoisotopic (exact) mass is 266 g/mol. The van der Waals surface area contributed by atoms with Crippen LogP contribution in [0.15, 0.2) is 4.52 Å². The van der Waals surface area contributed by atoms with Gasteiger partial charge in [0.25, 0.3) is 0 Å². The van der Waals surface area contributed by atoms with Crippen molar-refractivity contribution in [1.82, 2.24) is 20.4 Å². The van der Waals surface area contributed by atoms with E-state index in [2.05, 4.69) is 34.3 Å². The summed E-state index contributed by atoms with van der Waals surface area (Å²) < 4.78 is 5.31. The SMILES string of the molecule is CCCCc1noc(CN(C)CC2CCNCC2)n1. The van der Waals surface area contributed by atoms with Crippen molar-refractivity contribution in [2.24, 2.45) is 5.92 Å². The predicted molar refractivity (Wildman–Crippen MR) is 74.8 cm³/mol. The van der Waals surface area contributed by atoms with Crippen molar-refractivity contribution in [3.8, 4) is 0 Å². The predicted octanol–water partition coefficient (Wildman–Crippen LogP) is 1.84. The van der Waals surface area contributed by atoms with Gasteiger partial charge in [0.2, 0.25) is 5.89 Å². The summed E-state index contributed by atoms with van der Waals surface area (Å²) in [7, 11) is 2.14. The van der Waals surface area contributed by atoms with E-state index in [0.717, 1.165) is 56.7 Å². The van der Waals surface area contributed by atoms with Gasteiger partial charge in [0.05, 0.1) is 6.54 Å². The zero-order chi connectivity index (χ0) is 13.5. The molecule has 0 unspecified atom stereocenters. The number of hydrogen-bond acceptors (Lipinski definition) is 5. The van der Waals surface area contributed by atoms with Crippen LogP contribution in [0.3, 0.4) is 0 Å². The molecule has 0 saturated carbocycles. The molecule has 1 N–H and O–H groups in total. The summed E-state index contributed by atoms with van der Waals surface area (Å²) in [5, 5.41) is 7.43. The van der Waals surface area contributed by atoms with Crippen LogP contribution in [0.25, 0.3) is 0 Å². The fourth-order valence-corrected chi connectivity index (χ4v) is 2.59. The van der Waals surface area contributed by atoms with E-state index in [1.807, 2.05) is 0 Å². The van der Waals surface area contributed by atoms with E-state index in [4.69, 9.17) is 4.52 Å². The van der Waals surface area contributed by atoms with Crippen molar-refractivity contribution < 1.29 is 4.52 Å². The molecular weight excluding hydrogens is 240 g/mol. The summed E-state index contributed by atoms with van der Waals surface area (Å²) in [5.74, 6) is 2.41. The maximum absolute atomic E-state index is 5.31. The zero-order valence-corrected chi connectivity index (χ0v) is 12.2. The molecule has 2 rings (SSSR count). The molecule has 0 radical (unpaired) electrons. The highest BCUT2D eigenvalue weighted by atomic mass is 16.5. The molecule has 1 aromatic heterocycles. The van der Waals surface area contributed by atoms with Gasteiger partial charge in [-0.2, -0.15) is 4.98 Å². The summed E-state index contributed by atoms with van der Waals surface area (Å²) >= 11 is 0. The highest BCUT2D eigenvalue weighted by Crippen LogP contribution is 2.14. The van der Waals surface area contributed by atoms with E-state index in [1.165, 1.54) is 19.3 Å². The highest BCUT2D eigenvalue weighted by molar-refractivity contribution is 4.86. The van der Waals surface area contributed by atoms with Crippen LogP contribution in [0.1, 0.15) is 44.3 Å². The number of rotatable bonds is 7. The Balaban J connectivity index is 1.74. The topological polar surface area (TPSA) is 54.2 Å². The average molecular weight is 266 g/mol. The van der Waals surface area contributed by atoms with E-state index < -0.39 is 0 Å². The van der Waals surface area contributed by atoms with E-state index >= 15 is 0 Å². The number of aromatic nitrogens is 2. The van der Waals surface area contributed by atoms with Crippen molar-refractivity contribution in [3.63, 3.8) is 0 Å². The van der Waals surface area contributed by atoms with Crippen LogP contribution < -0.4 is 5.32 Å². The molecule has 1 aliphatic heterocycles. The van der Waals surface area contributed by atoms with Gasteiger partial charge in [-0.25, -0.2) is 0 Å². The first-order valence-electron chi connectivity index (χ1n) is 7.48. The van der Waals surface area contributed by atoms with Crippen molar-refractivity contribution in [1.29, 1.82) is 0 Å². The Morgan fingerprint density at radius 1 is 1.37 bits per heavy atom. The number of unbranched alkanes of at least 4 members (excludes halogenated alkanes) is 1. The Kier molecular flexibility index (Phi) is 5.79. The van der Waals surface area contributed by atoms with Crippen LogP contribution in [-0.2, 0) is 13.0 Å². The van der Waals surface area contributed by atoms with Crippen LogP contribution in [0.5, 0.6) is 0 Å². The summed E-state index contributed by atoms with van der Waals surface area (Å²) in [5.41, 5.74) is 0. The van der Waals surface area contributed by atoms with Crippen LogP contribution in [0.2, 0.25) is 0 Å². The second kappa shape index (κ2) is 7.60. The van der Waals surface area contributed by atoms with Gasteiger partial charge < -0.3 is 9.84 Å². The van der Waals surface area contributed by atoms with E-state index in [1.54, 1.807) is 0 Å². The minimum atomic E-state index is 0.752. The third-order valence-electron chi connectivity index (χ3n) is 3.70. The largest absolute Gasteiger partial charge is 0.338 e. The van der Waals surface area contributed by atoms with Crippen molar-refractivity contribution in [3.05, 3.63) is 11.7 Å². The lowest BCUT2D eigenvalue weighted by atomic mass is 9.98. The quantitative estimate of drug-likeness (QED) is 0.816. The molecule has 1 fully saturated rings. The molecule has 2 heterocycles.